The van der Waals surface area contributed by atoms with E-state index >= 15 is 0 Å². The van der Waals surface area contributed by atoms with Gasteiger partial charge in [-0.15, -0.1) is 0 Å². The van der Waals surface area contributed by atoms with Gasteiger partial charge in [0.25, 0.3) is 0 Å². The van der Waals surface area contributed by atoms with Crippen molar-refractivity contribution in [1.29, 1.82) is 0 Å². The molecule has 0 N–H and O–H groups in total. The fraction of sp³-hybridized carbons (Fsp3) is 0. The van der Waals surface area contributed by atoms with Crippen molar-refractivity contribution in [3.63, 3.8) is 0 Å². The van der Waals surface area contributed by atoms with E-state index in [9.17, 15) is 0 Å². The van der Waals surface area contributed by atoms with Crippen LogP contribution in [0, 0.1) is 0 Å². The molecule has 0 aliphatic heterocycles. The first-order valence-corrected chi connectivity index (χ1v) is 18.2. The van der Waals surface area contributed by atoms with Crippen LogP contribution < -0.4 is 0 Å². The topological polar surface area (TPSA) is 13.1 Å². The van der Waals surface area contributed by atoms with Gasteiger partial charge in [-0.05, 0) is 124 Å². The molecule has 0 atom stereocenters. The molecule has 0 aliphatic carbocycles. The number of hydrogen-bond donors (Lipinski definition) is 0. The Morgan fingerprint density at radius 1 is 0.226 bits per heavy atom. The first-order chi connectivity index (χ1) is 26.2. The van der Waals surface area contributed by atoms with Crippen LogP contribution in [0.5, 0.6) is 0 Å². The third kappa shape index (κ3) is 4.86. The molecule has 1 aromatic heterocycles. The molecule has 0 aliphatic rings. The van der Waals surface area contributed by atoms with Gasteiger partial charge in [-0.1, -0.05) is 158 Å². The number of hydrogen-bond acceptors (Lipinski definition) is 1. The molecule has 0 radical (unpaired) electrons. The molecule has 0 spiro atoms. The molecule has 0 saturated carbocycles. The van der Waals surface area contributed by atoms with Crippen molar-refractivity contribution in [2.75, 3.05) is 0 Å². The predicted octanol–water partition coefficient (Wildman–Crippen LogP) is 14.9. The van der Waals surface area contributed by atoms with E-state index in [-0.39, 0.29) is 0 Å². The quantitative estimate of drug-likeness (QED) is 0.170. The molecule has 0 unspecified atom stereocenters. The predicted molar refractivity (Wildman–Crippen MR) is 225 cm³/mol. The second kappa shape index (κ2) is 11.8. The first kappa shape index (κ1) is 29.7. The molecule has 1 heteroatoms. The van der Waals surface area contributed by atoms with Gasteiger partial charge >= 0.3 is 0 Å². The van der Waals surface area contributed by atoms with E-state index in [0.717, 1.165) is 21.9 Å². The van der Waals surface area contributed by atoms with Gasteiger partial charge in [-0.25, -0.2) is 0 Å². The van der Waals surface area contributed by atoms with Gasteiger partial charge in [-0.3, -0.25) is 0 Å². The number of fused-ring (bicyclic) bond motifs is 7. The fourth-order valence-electron chi connectivity index (χ4n) is 8.44. The monoisotopic (exact) mass is 672 g/mol. The van der Waals surface area contributed by atoms with Crippen LogP contribution in [0.1, 0.15) is 0 Å². The van der Waals surface area contributed by atoms with Crippen molar-refractivity contribution in [1.82, 2.24) is 0 Å². The van der Waals surface area contributed by atoms with Crippen molar-refractivity contribution in [3.05, 3.63) is 194 Å². The summed E-state index contributed by atoms with van der Waals surface area (Å²) in [5.41, 5.74) is 11.6. The molecule has 0 fully saturated rings. The smallest absolute Gasteiger partial charge is 0.136 e. The molecule has 246 valence electrons. The lowest BCUT2D eigenvalue weighted by atomic mass is 9.85. The Hall–Kier alpha value is -6.96. The minimum Gasteiger partial charge on any atom is -0.456 e. The highest BCUT2D eigenvalue weighted by atomic mass is 16.3. The van der Waals surface area contributed by atoms with Crippen molar-refractivity contribution < 1.29 is 4.42 Å². The van der Waals surface area contributed by atoms with Gasteiger partial charge in [0.15, 0.2) is 0 Å². The highest BCUT2D eigenvalue weighted by Crippen LogP contribution is 2.45. The van der Waals surface area contributed by atoms with Crippen LogP contribution in [0.3, 0.4) is 0 Å². The summed E-state index contributed by atoms with van der Waals surface area (Å²) in [6.07, 6.45) is 0. The SMILES string of the molecule is c1cc(-c2ccc3oc4cc5ccccc5cc4c3c2)cc(-c2c3ccccc3c(-c3ccc(-c4ccc5ccccc5c4)cc3)c3ccccc23)c1. The standard InChI is InChI=1S/C52H32O/c1-2-11-36-28-40(25-22-33(36)10-1)34-20-23-35(24-21-34)51-43-16-5-7-18-45(43)52(46-19-8-6-17-44(46)51)42-15-9-14-37(29-42)41-26-27-49-47(31-41)48-30-38-12-3-4-13-39(38)32-50(48)53-49/h1-32H. The Labute approximate surface area is 307 Å². The molecule has 1 nitrogen and oxygen atoms in total. The van der Waals surface area contributed by atoms with Gasteiger partial charge in [0.1, 0.15) is 11.2 Å². The van der Waals surface area contributed by atoms with Crippen molar-refractivity contribution in [2.24, 2.45) is 0 Å². The van der Waals surface area contributed by atoms with Gasteiger partial charge in [-0.2, -0.15) is 0 Å². The number of benzene rings is 10. The lowest BCUT2D eigenvalue weighted by Crippen LogP contribution is -1.91. The van der Waals surface area contributed by atoms with Crippen LogP contribution >= 0.6 is 0 Å². The van der Waals surface area contributed by atoms with E-state index in [1.165, 1.54) is 87.6 Å². The van der Waals surface area contributed by atoms with Gasteiger partial charge in [0, 0.05) is 10.8 Å². The lowest BCUT2D eigenvalue weighted by Gasteiger charge is -2.18. The second-order valence-electron chi connectivity index (χ2n) is 14.1. The van der Waals surface area contributed by atoms with E-state index < -0.39 is 0 Å². The summed E-state index contributed by atoms with van der Waals surface area (Å²) in [6.45, 7) is 0. The van der Waals surface area contributed by atoms with Gasteiger partial charge in [0.05, 0.1) is 0 Å². The molecule has 0 saturated heterocycles. The van der Waals surface area contributed by atoms with Crippen LogP contribution in [0.25, 0.3) is 110 Å². The summed E-state index contributed by atoms with van der Waals surface area (Å²) in [4.78, 5) is 0. The van der Waals surface area contributed by atoms with Crippen molar-refractivity contribution in [2.45, 2.75) is 0 Å². The zero-order valence-corrected chi connectivity index (χ0v) is 28.9. The fourth-order valence-corrected chi connectivity index (χ4v) is 8.44. The zero-order chi connectivity index (χ0) is 34.9. The highest BCUT2D eigenvalue weighted by molar-refractivity contribution is 6.21. The van der Waals surface area contributed by atoms with Crippen LogP contribution in [0.4, 0.5) is 0 Å². The number of furan rings is 1. The molecule has 0 bridgehead atoms. The van der Waals surface area contributed by atoms with Crippen LogP contribution in [-0.4, -0.2) is 0 Å². The normalized spacial score (nSPS) is 11.8. The third-order valence-corrected chi connectivity index (χ3v) is 11.0. The summed E-state index contributed by atoms with van der Waals surface area (Å²) in [5.74, 6) is 0. The minimum absolute atomic E-state index is 0.910. The molecule has 1 heterocycles. The molecule has 0 amide bonds. The maximum atomic E-state index is 6.33. The number of rotatable bonds is 4. The lowest BCUT2D eigenvalue weighted by molar-refractivity contribution is 0.669. The molecule has 53 heavy (non-hydrogen) atoms. The summed E-state index contributed by atoms with van der Waals surface area (Å²) in [5, 5.41) is 12.2. The second-order valence-corrected chi connectivity index (χ2v) is 14.1. The maximum Gasteiger partial charge on any atom is 0.136 e. The summed E-state index contributed by atoms with van der Waals surface area (Å²) in [7, 11) is 0. The zero-order valence-electron chi connectivity index (χ0n) is 28.9. The average Bonchev–Trinajstić information content (AvgIpc) is 3.58. The molecule has 10 aromatic carbocycles. The van der Waals surface area contributed by atoms with E-state index in [1.807, 2.05) is 0 Å². The first-order valence-electron chi connectivity index (χ1n) is 18.2. The van der Waals surface area contributed by atoms with Crippen molar-refractivity contribution >= 4 is 65.0 Å². The van der Waals surface area contributed by atoms with E-state index in [1.54, 1.807) is 0 Å². The maximum absolute atomic E-state index is 6.33. The van der Waals surface area contributed by atoms with Gasteiger partial charge in [0.2, 0.25) is 0 Å². The summed E-state index contributed by atoms with van der Waals surface area (Å²) >= 11 is 0. The Bertz CT molecular complexity index is 3160. The van der Waals surface area contributed by atoms with Gasteiger partial charge < -0.3 is 4.42 Å². The Morgan fingerprint density at radius 2 is 0.698 bits per heavy atom. The highest BCUT2D eigenvalue weighted by Gasteiger charge is 2.18. The molecule has 11 rings (SSSR count). The summed E-state index contributed by atoms with van der Waals surface area (Å²) in [6, 6.07) is 70.7. The Kier molecular flexibility index (Phi) is 6.62. The molecular weight excluding hydrogens is 641 g/mol. The molecule has 11 aromatic rings. The van der Waals surface area contributed by atoms with E-state index in [0.29, 0.717) is 0 Å². The Balaban J connectivity index is 1.05. The van der Waals surface area contributed by atoms with E-state index in [2.05, 4.69) is 194 Å². The largest absolute Gasteiger partial charge is 0.456 e. The molecular formula is C52H32O. The summed E-state index contributed by atoms with van der Waals surface area (Å²) < 4.78 is 6.33. The minimum atomic E-state index is 0.910. The van der Waals surface area contributed by atoms with Crippen LogP contribution in [0.2, 0.25) is 0 Å². The van der Waals surface area contributed by atoms with Crippen molar-refractivity contribution in [3.8, 4) is 44.5 Å². The third-order valence-electron chi connectivity index (χ3n) is 11.0. The van der Waals surface area contributed by atoms with Crippen LogP contribution in [-0.2, 0) is 0 Å². The average molecular weight is 673 g/mol. The van der Waals surface area contributed by atoms with Crippen LogP contribution in [0.15, 0.2) is 199 Å². The van der Waals surface area contributed by atoms with E-state index in [4.69, 9.17) is 4.42 Å². The Morgan fingerprint density at radius 3 is 1.40 bits per heavy atom.